The van der Waals surface area contributed by atoms with Gasteiger partial charge in [-0.2, -0.15) is 8.78 Å². The Morgan fingerprint density at radius 1 is 0.690 bits per heavy atom. The van der Waals surface area contributed by atoms with E-state index in [0.29, 0.717) is 22.4 Å². The summed E-state index contributed by atoms with van der Waals surface area (Å²) in [4.78, 5) is 4.41. The second-order valence-electron chi connectivity index (χ2n) is 7.43. The first-order chi connectivity index (χ1) is 14.1. The molecule has 1 nitrogen and oxygen atoms in total. The molecular formula is C26H15F2N. The monoisotopic (exact) mass is 379 g/mol. The molecule has 138 valence electrons. The molecule has 0 unspecified atom stereocenters. The smallest absolute Gasteiger partial charge is 0.256 e. The normalized spacial score (nSPS) is 14.1. The zero-order valence-electron chi connectivity index (χ0n) is 15.4. The Bertz CT molecular complexity index is 1440. The quantitative estimate of drug-likeness (QED) is 0.301. The summed E-state index contributed by atoms with van der Waals surface area (Å²) in [5.41, 5.74) is 2.30. The average Bonchev–Trinajstić information content (AvgIpc) is 3.01. The number of pyridine rings is 1. The molecule has 1 aliphatic carbocycles. The molecule has 1 aliphatic rings. The highest BCUT2D eigenvalue weighted by molar-refractivity contribution is 6.03. The molecule has 0 aliphatic heterocycles. The lowest BCUT2D eigenvalue weighted by Crippen LogP contribution is -2.13. The summed E-state index contributed by atoms with van der Waals surface area (Å²) < 4.78 is 31.4. The highest BCUT2D eigenvalue weighted by atomic mass is 19.3. The molecule has 29 heavy (non-hydrogen) atoms. The number of nitrogens with zero attached hydrogens (tertiary/aromatic N) is 1. The van der Waals surface area contributed by atoms with E-state index in [1.54, 1.807) is 24.4 Å². The van der Waals surface area contributed by atoms with E-state index in [9.17, 15) is 0 Å². The van der Waals surface area contributed by atoms with Gasteiger partial charge in [-0.3, -0.25) is 4.98 Å². The van der Waals surface area contributed by atoms with E-state index in [0.717, 1.165) is 21.5 Å². The summed E-state index contributed by atoms with van der Waals surface area (Å²) in [6, 6.07) is 26.4. The standard InChI is InChI=1S/C26H15F2N/c27-26(28)22-12-11-17-6-3-4-8-20(17)23(22)21-13-14-29-25(24(21)26)19-10-9-16-5-1-2-7-18(16)15-19/h1-15H. The van der Waals surface area contributed by atoms with Gasteiger partial charge in [0.1, 0.15) is 0 Å². The number of alkyl halides is 2. The van der Waals surface area contributed by atoms with Crippen molar-refractivity contribution in [3.05, 3.63) is 102 Å². The van der Waals surface area contributed by atoms with E-state index in [1.807, 2.05) is 66.7 Å². The number of fused-ring (bicyclic) bond motifs is 6. The number of rotatable bonds is 1. The molecule has 0 saturated carbocycles. The molecule has 1 aromatic heterocycles. The molecule has 0 bridgehead atoms. The van der Waals surface area contributed by atoms with Crippen LogP contribution in [0, 0.1) is 0 Å². The van der Waals surface area contributed by atoms with Crippen molar-refractivity contribution in [2.45, 2.75) is 5.92 Å². The maximum Gasteiger partial charge on any atom is 0.301 e. The Kier molecular flexibility index (Phi) is 3.22. The maximum atomic E-state index is 15.7. The zero-order chi connectivity index (χ0) is 19.6. The Morgan fingerprint density at radius 3 is 2.28 bits per heavy atom. The minimum atomic E-state index is -3.09. The van der Waals surface area contributed by atoms with Gasteiger partial charge in [-0.15, -0.1) is 0 Å². The number of hydrogen-bond donors (Lipinski definition) is 0. The van der Waals surface area contributed by atoms with Crippen LogP contribution >= 0.6 is 0 Å². The van der Waals surface area contributed by atoms with Crippen LogP contribution in [-0.4, -0.2) is 4.98 Å². The lowest BCUT2D eigenvalue weighted by Gasteiger charge is -2.16. The summed E-state index contributed by atoms with van der Waals surface area (Å²) >= 11 is 0. The Hall–Kier alpha value is -3.59. The molecule has 6 rings (SSSR count). The van der Waals surface area contributed by atoms with E-state index in [4.69, 9.17) is 0 Å². The molecule has 3 heteroatoms. The second kappa shape index (κ2) is 5.71. The molecule has 1 heterocycles. The van der Waals surface area contributed by atoms with E-state index in [2.05, 4.69) is 4.98 Å². The summed E-state index contributed by atoms with van der Waals surface area (Å²) in [7, 11) is 0. The second-order valence-corrected chi connectivity index (χ2v) is 7.43. The lowest BCUT2D eigenvalue weighted by molar-refractivity contribution is 0.0484. The highest BCUT2D eigenvalue weighted by Gasteiger charge is 2.47. The van der Waals surface area contributed by atoms with E-state index in [-0.39, 0.29) is 11.1 Å². The van der Waals surface area contributed by atoms with Crippen molar-refractivity contribution in [1.29, 1.82) is 0 Å². The predicted octanol–water partition coefficient (Wildman–Crippen LogP) is 7.18. The first-order valence-corrected chi connectivity index (χ1v) is 9.54. The summed E-state index contributed by atoms with van der Waals surface area (Å²) in [5.74, 6) is -3.09. The molecule has 0 fully saturated rings. The van der Waals surface area contributed by atoms with Crippen LogP contribution in [-0.2, 0) is 5.92 Å². The first-order valence-electron chi connectivity index (χ1n) is 9.54. The van der Waals surface area contributed by atoms with Gasteiger partial charge in [0, 0.05) is 17.3 Å². The van der Waals surface area contributed by atoms with Crippen LogP contribution in [0.3, 0.4) is 0 Å². The van der Waals surface area contributed by atoms with Gasteiger partial charge >= 0.3 is 5.92 Å². The van der Waals surface area contributed by atoms with Gasteiger partial charge in [-0.1, -0.05) is 72.8 Å². The summed E-state index contributed by atoms with van der Waals surface area (Å²) in [6.07, 6.45) is 1.64. The van der Waals surface area contributed by atoms with Crippen LogP contribution in [0.5, 0.6) is 0 Å². The molecule has 0 saturated heterocycles. The zero-order valence-corrected chi connectivity index (χ0v) is 15.4. The molecule has 0 amide bonds. The molecule has 5 aromatic rings. The van der Waals surface area contributed by atoms with Gasteiger partial charge < -0.3 is 0 Å². The van der Waals surface area contributed by atoms with E-state index < -0.39 is 5.92 Å². The van der Waals surface area contributed by atoms with Crippen LogP contribution in [0.1, 0.15) is 11.1 Å². The van der Waals surface area contributed by atoms with Crippen molar-refractivity contribution >= 4 is 21.5 Å². The minimum absolute atomic E-state index is 0.00151. The summed E-state index contributed by atoms with van der Waals surface area (Å²) in [5, 5.41) is 3.89. The van der Waals surface area contributed by atoms with E-state index in [1.165, 1.54) is 0 Å². The fraction of sp³-hybridized carbons (Fsp3) is 0.0385. The fourth-order valence-corrected chi connectivity index (χ4v) is 4.50. The predicted molar refractivity (Wildman–Crippen MR) is 113 cm³/mol. The van der Waals surface area contributed by atoms with Gasteiger partial charge in [0.2, 0.25) is 0 Å². The van der Waals surface area contributed by atoms with Crippen molar-refractivity contribution in [3.8, 4) is 22.4 Å². The van der Waals surface area contributed by atoms with Crippen LogP contribution in [0.4, 0.5) is 8.78 Å². The van der Waals surface area contributed by atoms with Crippen LogP contribution in [0.15, 0.2) is 91.1 Å². The summed E-state index contributed by atoms with van der Waals surface area (Å²) in [6.45, 7) is 0. The Labute approximate surface area is 166 Å². The number of hydrogen-bond acceptors (Lipinski definition) is 1. The number of halogens is 2. The lowest BCUT2D eigenvalue weighted by atomic mass is 9.97. The molecule has 4 aromatic carbocycles. The number of benzene rings is 4. The Balaban J connectivity index is 1.68. The third-order valence-corrected chi connectivity index (χ3v) is 5.82. The molecule has 0 N–H and O–H groups in total. The van der Waals surface area contributed by atoms with Crippen molar-refractivity contribution in [3.63, 3.8) is 0 Å². The minimum Gasteiger partial charge on any atom is -0.256 e. The van der Waals surface area contributed by atoms with Crippen molar-refractivity contribution in [1.82, 2.24) is 4.98 Å². The number of aromatic nitrogens is 1. The molecular weight excluding hydrogens is 364 g/mol. The molecule has 0 spiro atoms. The van der Waals surface area contributed by atoms with Crippen molar-refractivity contribution < 1.29 is 8.78 Å². The van der Waals surface area contributed by atoms with Crippen molar-refractivity contribution in [2.75, 3.05) is 0 Å². The van der Waals surface area contributed by atoms with Crippen LogP contribution < -0.4 is 0 Å². The first kappa shape index (κ1) is 16.4. The van der Waals surface area contributed by atoms with Gasteiger partial charge in [0.25, 0.3) is 0 Å². The fourth-order valence-electron chi connectivity index (χ4n) is 4.50. The van der Waals surface area contributed by atoms with Gasteiger partial charge in [0.05, 0.1) is 11.3 Å². The third-order valence-electron chi connectivity index (χ3n) is 5.82. The van der Waals surface area contributed by atoms with Gasteiger partial charge in [0.15, 0.2) is 0 Å². The van der Waals surface area contributed by atoms with Crippen LogP contribution in [0.25, 0.3) is 43.9 Å². The topological polar surface area (TPSA) is 12.9 Å². The average molecular weight is 379 g/mol. The maximum absolute atomic E-state index is 15.7. The molecule has 0 radical (unpaired) electrons. The SMILES string of the molecule is FC1(F)c2ccc3ccccc3c2-c2ccnc(-c3ccc4ccccc4c3)c21. The largest absolute Gasteiger partial charge is 0.301 e. The highest BCUT2D eigenvalue weighted by Crippen LogP contribution is 2.55. The van der Waals surface area contributed by atoms with E-state index >= 15 is 8.78 Å². The van der Waals surface area contributed by atoms with Crippen LogP contribution in [0.2, 0.25) is 0 Å². The van der Waals surface area contributed by atoms with Gasteiger partial charge in [-0.25, -0.2) is 0 Å². The van der Waals surface area contributed by atoms with Gasteiger partial charge in [-0.05, 0) is 44.8 Å². The molecule has 0 atom stereocenters. The third kappa shape index (κ3) is 2.21. The Morgan fingerprint density at radius 2 is 1.41 bits per heavy atom. The van der Waals surface area contributed by atoms with Crippen molar-refractivity contribution in [2.24, 2.45) is 0 Å².